The fourth-order valence-corrected chi connectivity index (χ4v) is 4.22. The van der Waals surface area contributed by atoms with Gasteiger partial charge in [0, 0.05) is 25.2 Å². The van der Waals surface area contributed by atoms with E-state index in [2.05, 4.69) is 45.0 Å². The Morgan fingerprint density at radius 3 is 2.48 bits per heavy atom. The van der Waals surface area contributed by atoms with Crippen LogP contribution in [0.1, 0.15) is 59.8 Å². The maximum Gasteiger partial charge on any atom is 0.0702 e. The lowest BCUT2D eigenvalue weighted by Gasteiger charge is -2.46. The second-order valence-electron chi connectivity index (χ2n) is 8.06. The molecule has 1 N–H and O–H groups in total. The van der Waals surface area contributed by atoms with E-state index in [0.717, 1.165) is 25.6 Å². The second-order valence-corrected chi connectivity index (χ2v) is 8.06. The Morgan fingerprint density at radius 2 is 1.95 bits per heavy atom. The molecule has 4 atom stereocenters. The van der Waals surface area contributed by atoms with E-state index in [1.165, 1.54) is 32.1 Å². The molecule has 1 saturated carbocycles. The van der Waals surface area contributed by atoms with Gasteiger partial charge in [0.05, 0.1) is 6.10 Å². The zero-order valence-corrected chi connectivity index (χ0v) is 14.8. The fraction of sp³-hybridized carbons (Fsp3) is 1.00. The predicted octanol–water partition coefficient (Wildman–Crippen LogP) is 3.29. The van der Waals surface area contributed by atoms with Gasteiger partial charge in [-0.1, -0.05) is 27.7 Å². The van der Waals surface area contributed by atoms with Crippen LogP contribution < -0.4 is 5.32 Å². The third-order valence-corrected chi connectivity index (χ3v) is 5.75. The maximum absolute atomic E-state index is 5.88. The summed E-state index contributed by atoms with van der Waals surface area (Å²) in [6.07, 6.45) is 6.96. The van der Waals surface area contributed by atoms with E-state index in [0.29, 0.717) is 23.6 Å². The van der Waals surface area contributed by atoms with Gasteiger partial charge in [-0.15, -0.1) is 0 Å². The van der Waals surface area contributed by atoms with Crippen molar-refractivity contribution in [2.75, 3.05) is 26.7 Å². The van der Waals surface area contributed by atoms with Crippen LogP contribution in [0.15, 0.2) is 0 Å². The number of rotatable bonds is 5. The molecular weight excluding hydrogens is 260 g/mol. The molecule has 2 rings (SSSR count). The van der Waals surface area contributed by atoms with Gasteiger partial charge in [-0.3, -0.25) is 4.90 Å². The second kappa shape index (κ2) is 7.43. The molecule has 4 unspecified atom stereocenters. The molecule has 1 heterocycles. The van der Waals surface area contributed by atoms with E-state index in [-0.39, 0.29) is 0 Å². The molecule has 0 aromatic heterocycles. The summed E-state index contributed by atoms with van der Waals surface area (Å²) in [5.41, 5.74) is 0.431. The molecule has 21 heavy (non-hydrogen) atoms. The molecule has 0 amide bonds. The van der Waals surface area contributed by atoms with Crippen LogP contribution >= 0.6 is 0 Å². The summed E-state index contributed by atoms with van der Waals surface area (Å²) in [7, 11) is 2.13. The summed E-state index contributed by atoms with van der Waals surface area (Å²) in [4.78, 5) is 2.69. The number of hydrogen-bond donors (Lipinski definition) is 1. The first-order valence-corrected chi connectivity index (χ1v) is 8.98. The summed E-state index contributed by atoms with van der Waals surface area (Å²) in [5, 5.41) is 3.58. The van der Waals surface area contributed by atoms with Crippen molar-refractivity contribution in [3.63, 3.8) is 0 Å². The van der Waals surface area contributed by atoms with Gasteiger partial charge in [0.15, 0.2) is 0 Å². The van der Waals surface area contributed by atoms with Crippen LogP contribution in [0.5, 0.6) is 0 Å². The predicted molar refractivity (Wildman–Crippen MR) is 89.7 cm³/mol. The molecule has 0 aromatic rings. The van der Waals surface area contributed by atoms with Crippen molar-refractivity contribution in [1.82, 2.24) is 10.2 Å². The van der Waals surface area contributed by atoms with Gasteiger partial charge in [0.25, 0.3) is 0 Å². The largest absolute Gasteiger partial charge is 0.377 e. The van der Waals surface area contributed by atoms with Crippen LogP contribution in [0, 0.1) is 11.3 Å². The van der Waals surface area contributed by atoms with Gasteiger partial charge >= 0.3 is 0 Å². The summed E-state index contributed by atoms with van der Waals surface area (Å²) in [5.74, 6) is 0.839. The summed E-state index contributed by atoms with van der Waals surface area (Å²) >= 11 is 0. The summed E-state index contributed by atoms with van der Waals surface area (Å²) in [6, 6.07) is 1.31. The highest BCUT2D eigenvalue weighted by Gasteiger charge is 2.38. The Morgan fingerprint density at radius 1 is 1.19 bits per heavy atom. The highest BCUT2D eigenvalue weighted by Crippen LogP contribution is 2.39. The zero-order chi connectivity index (χ0) is 15.5. The third kappa shape index (κ3) is 4.43. The van der Waals surface area contributed by atoms with Crippen molar-refractivity contribution in [1.29, 1.82) is 0 Å². The highest BCUT2D eigenvalue weighted by molar-refractivity contribution is 4.94. The zero-order valence-electron chi connectivity index (χ0n) is 14.8. The van der Waals surface area contributed by atoms with Crippen molar-refractivity contribution in [2.45, 2.75) is 78.0 Å². The van der Waals surface area contributed by atoms with Crippen molar-refractivity contribution in [3.05, 3.63) is 0 Å². The highest BCUT2D eigenvalue weighted by atomic mass is 16.5. The standard InChI is InChI=1S/C18H36N2O/c1-6-20(13-15-8-7-11-21-15)17-12-14(18(2,3)4)9-10-16(17)19-5/h14-17,19H,6-13H2,1-5H3. The first-order valence-electron chi connectivity index (χ1n) is 8.98. The molecule has 1 aliphatic carbocycles. The quantitative estimate of drug-likeness (QED) is 0.842. The Hall–Kier alpha value is -0.120. The minimum Gasteiger partial charge on any atom is -0.377 e. The van der Waals surface area contributed by atoms with Crippen LogP contribution in [-0.2, 0) is 4.74 Å². The number of nitrogens with zero attached hydrogens (tertiary/aromatic N) is 1. The number of likely N-dealkylation sites (N-methyl/N-ethyl adjacent to an activating group) is 2. The molecule has 3 heteroatoms. The molecule has 1 aliphatic heterocycles. The first-order chi connectivity index (χ1) is 9.95. The van der Waals surface area contributed by atoms with E-state index in [9.17, 15) is 0 Å². The van der Waals surface area contributed by atoms with Gasteiger partial charge in [-0.2, -0.15) is 0 Å². The SMILES string of the molecule is CCN(CC1CCCO1)C1CC(C(C)(C)C)CCC1NC. The Labute approximate surface area is 131 Å². The van der Waals surface area contributed by atoms with Crippen LogP contribution in [0.4, 0.5) is 0 Å². The van der Waals surface area contributed by atoms with E-state index in [4.69, 9.17) is 4.74 Å². The number of nitrogens with one attached hydrogen (secondary N) is 1. The van der Waals surface area contributed by atoms with Crippen molar-refractivity contribution < 1.29 is 4.74 Å². The van der Waals surface area contributed by atoms with Crippen LogP contribution in [-0.4, -0.2) is 49.8 Å². The molecule has 2 fully saturated rings. The molecule has 3 nitrogen and oxygen atoms in total. The van der Waals surface area contributed by atoms with Crippen LogP contribution in [0.2, 0.25) is 0 Å². The normalized spacial score (nSPS) is 34.6. The van der Waals surface area contributed by atoms with Gasteiger partial charge in [0.2, 0.25) is 0 Å². The number of ether oxygens (including phenoxy) is 1. The fourth-order valence-electron chi connectivity index (χ4n) is 4.22. The molecule has 0 radical (unpaired) electrons. The summed E-state index contributed by atoms with van der Waals surface area (Å²) in [6.45, 7) is 12.8. The smallest absolute Gasteiger partial charge is 0.0702 e. The molecule has 0 bridgehead atoms. The van der Waals surface area contributed by atoms with E-state index < -0.39 is 0 Å². The van der Waals surface area contributed by atoms with Crippen LogP contribution in [0.3, 0.4) is 0 Å². The van der Waals surface area contributed by atoms with Crippen molar-refractivity contribution >= 4 is 0 Å². The average Bonchev–Trinajstić information content (AvgIpc) is 2.96. The van der Waals surface area contributed by atoms with E-state index in [1.807, 2.05) is 0 Å². The molecule has 124 valence electrons. The third-order valence-electron chi connectivity index (χ3n) is 5.75. The Balaban J connectivity index is 2.03. The van der Waals surface area contributed by atoms with Gasteiger partial charge in [-0.05, 0) is 57.0 Å². The van der Waals surface area contributed by atoms with Gasteiger partial charge in [0.1, 0.15) is 0 Å². The molecule has 0 aromatic carbocycles. The maximum atomic E-state index is 5.88. The molecule has 0 spiro atoms. The van der Waals surface area contributed by atoms with Gasteiger partial charge in [-0.25, -0.2) is 0 Å². The Kier molecular flexibility index (Phi) is 6.10. The minimum atomic E-state index is 0.431. The van der Waals surface area contributed by atoms with E-state index in [1.54, 1.807) is 0 Å². The monoisotopic (exact) mass is 296 g/mol. The van der Waals surface area contributed by atoms with Gasteiger partial charge < -0.3 is 10.1 Å². The molecular formula is C18H36N2O. The molecule has 2 aliphatic rings. The van der Waals surface area contributed by atoms with Crippen molar-refractivity contribution in [2.24, 2.45) is 11.3 Å². The number of hydrogen-bond acceptors (Lipinski definition) is 3. The summed E-state index contributed by atoms with van der Waals surface area (Å²) < 4.78 is 5.88. The minimum absolute atomic E-state index is 0.431. The van der Waals surface area contributed by atoms with E-state index >= 15 is 0 Å². The van der Waals surface area contributed by atoms with Crippen molar-refractivity contribution in [3.8, 4) is 0 Å². The lowest BCUT2D eigenvalue weighted by Crippen LogP contribution is -2.55. The van der Waals surface area contributed by atoms with Crippen LogP contribution in [0.25, 0.3) is 0 Å². The first kappa shape index (κ1) is 17.2. The lowest BCUT2D eigenvalue weighted by atomic mass is 9.69. The molecule has 1 saturated heterocycles. The topological polar surface area (TPSA) is 24.5 Å². The average molecular weight is 296 g/mol. The Bertz CT molecular complexity index is 307. The lowest BCUT2D eigenvalue weighted by molar-refractivity contribution is 0.0205.